The molecule has 1 amide bonds. The summed E-state index contributed by atoms with van der Waals surface area (Å²) in [4.78, 5) is 12.7. The summed E-state index contributed by atoms with van der Waals surface area (Å²) >= 11 is 0. The van der Waals surface area contributed by atoms with E-state index in [1.165, 1.54) is 17.7 Å². The van der Waals surface area contributed by atoms with Crippen LogP contribution in [0.1, 0.15) is 31.0 Å². The van der Waals surface area contributed by atoms with Crippen molar-refractivity contribution < 1.29 is 17.6 Å². The number of anilines is 1. The molecule has 0 aliphatic heterocycles. The maximum atomic E-state index is 13.3. The van der Waals surface area contributed by atoms with Gasteiger partial charge in [-0.15, -0.1) is 0 Å². The molecule has 3 aromatic rings. The first-order valence-electron chi connectivity index (χ1n) is 10.0. The van der Waals surface area contributed by atoms with Crippen LogP contribution in [0.3, 0.4) is 0 Å². The number of benzene rings is 3. The Balaban J connectivity index is 1.83. The molecule has 31 heavy (non-hydrogen) atoms. The van der Waals surface area contributed by atoms with Gasteiger partial charge in [0.15, 0.2) is 0 Å². The van der Waals surface area contributed by atoms with Gasteiger partial charge in [-0.25, -0.2) is 12.8 Å². The van der Waals surface area contributed by atoms with E-state index in [9.17, 15) is 17.6 Å². The van der Waals surface area contributed by atoms with Gasteiger partial charge >= 0.3 is 0 Å². The molecule has 0 radical (unpaired) electrons. The fourth-order valence-corrected chi connectivity index (χ4v) is 4.61. The van der Waals surface area contributed by atoms with Crippen molar-refractivity contribution in [1.82, 2.24) is 5.32 Å². The number of aryl methyl sites for hydroxylation is 1. The topological polar surface area (TPSA) is 66.5 Å². The number of rotatable bonds is 8. The van der Waals surface area contributed by atoms with Gasteiger partial charge in [-0.05, 0) is 60.9 Å². The lowest BCUT2D eigenvalue weighted by Gasteiger charge is -2.25. The van der Waals surface area contributed by atoms with Crippen molar-refractivity contribution in [1.29, 1.82) is 0 Å². The van der Waals surface area contributed by atoms with Crippen LogP contribution >= 0.6 is 0 Å². The Morgan fingerprint density at radius 1 is 0.968 bits per heavy atom. The third-order valence-corrected chi connectivity index (χ3v) is 6.79. The minimum Gasteiger partial charge on any atom is -0.348 e. The highest BCUT2D eigenvalue weighted by Gasteiger charge is 2.27. The van der Waals surface area contributed by atoms with Gasteiger partial charge in [0.2, 0.25) is 5.91 Å². The third-order valence-electron chi connectivity index (χ3n) is 5.00. The Morgan fingerprint density at radius 2 is 1.58 bits per heavy atom. The molecule has 0 heterocycles. The molecule has 7 heteroatoms. The molecule has 0 aromatic heterocycles. The highest BCUT2D eigenvalue weighted by atomic mass is 32.2. The molecule has 0 fully saturated rings. The van der Waals surface area contributed by atoms with Crippen molar-refractivity contribution in [2.45, 2.75) is 31.2 Å². The first-order chi connectivity index (χ1) is 14.8. The number of hydrogen-bond donors (Lipinski definition) is 1. The Hall–Kier alpha value is -3.19. The molecule has 5 nitrogen and oxygen atoms in total. The molecule has 162 valence electrons. The Kier molecular flexibility index (Phi) is 7.07. The second kappa shape index (κ2) is 9.75. The van der Waals surface area contributed by atoms with E-state index in [-0.39, 0.29) is 10.9 Å². The van der Waals surface area contributed by atoms with Crippen LogP contribution < -0.4 is 9.62 Å². The second-order valence-corrected chi connectivity index (χ2v) is 9.05. The van der Waals surface area contributed by atoms with Crippen molar-refractivity contribution >= 4 is 21.6 Å². The summed E-state index contributed by atoms with van der Waals surface area (Å²) in [6.45, 7) is 3.52. The maximum absolute atomic E-state index is 13.3. The fourth-order valence-electron chi connectivity index (χ4n) is 3.19. The Morgan fingerprint density at radius 3 is 2.16 bits per heavy atom. The lowest BCUT2D eigenvalue weighted by molar-refractivity contribution is -0.120. The van der Waals surface area contributed by atoms with Crippen LogP contribution in [0.5, 0.6) is 0 Å². The van der Waals surface area contributed by atoms with E-state index in [2.05, 4.69) is 12.2 Å². The summed E-state index contributed by atoms with van der Waals surface area (Å²) in [6.07, 6.45) is 0.925. The van der Waals surface area contributed by atoms with Crippen LogP contribution in [0.4, 0.5) is 10.1 Å². The van der Waals surface area contributed by atoms with Gasteiger partial charge in [0.1, 0.15) is 12.4 Å². The quantitative estimate of drug-likeness (QED) is 0.562. The molecule has 0 aliphatic carbocycles. The number of nitrogens with one attached hydrogen (secondary N) is 1. The van der Waals surface area contributed by atoms with E-state index in [0.717, 1.165) is 28.4 Å². The number of para-hydroxylation sites is 1. The zero-order valence-electron chi connectivity index (χ0n) is 17.5. The van der Waals surface area contributed by atoms with Crippen LogP contribution in [0.15, 0.2) is 83.8 Å². The largest absolute Gasteiger partial charge is 0.348 e. The number of carbonyl (C=O) groups excluding carboxylic acids is 1. The minimum absolute atomic E-state index is 0.0891. The van der Waals surface area contributed by atoms with Crippen LogP contribution in [0.25, 0.3) is 0 Å². The van der Waals surface area contributed by atoms with Gasteiger partial charge in [-0.2, -0.15) is 0 Å². The summed E-state index contributed by atoms with van der Waals surface area (Å²) in [5.41, 5.74) is 2.48. The SMILES string of the molecule is CCc1ccc([C@H](C)NC(=O)CN(c2ccccc2)S(=O)(=O)c2ccc(F)cc2)cc1. The predicted molar refractivity (Wildman–Crippen MR) is 120 cm³/mol. The first kappa shape index (κ1) is 22.5. The molecule has 0 unspecified atom stereocenters. The Bertz CT molecular complexity index is 1120. The van der Waals surface area contributed by atoms with Gasteiger partial charge in [0.05, 0.1) is 16.6 Å². The van der Waals surface area contributed by atoms with Crippen molar-refractivity contribution in [3.8, 4) is 0 Å². The standard InChI is InChI=1S/C24H25FN2O3S/c1-3-19-9-11-20(12-10-19)18(2)26-24(28)17-27(22-7-5-4-6-8-22)31(29,30)23-15-13-21(25)14-16-23/h4-16,18H,3,17H2,1-2H3,(H,26,28)/t18-/m0/s1. The molecule has 0 saturated heterocycles. The van der Waals surface area contributed by atoms with Gasteiger partial charge in [-0.3, -0.25) is 9.10 Å². The third kappa shape index (κ3) is 5.49. The van der Waals surface area contributed by atoms with Gasteiger partial charge in [0, 0.05) is 0 Å². The van der Waals surface area contributed by atoms with E-state index in [1.807, 2.05) is 31.2 Å². The average molecular weight is 441 g/mol. The number of halogens is 1. The second-order valence-electron chi connectivity index (χ2n) is 7.19. The van der Waals surface area contributed by atoms with Crippen LogP contribution in [0, 0.1) is 5.82 Å². The maximum Gasteiger partial charge on any atom is 0.264 e. The van der Waals surface area contributed by atoms with E-state index < -0.39 is 28.3 Å². The highest BCUT2D eigenvalue weighted by Crippen LogP contribution is 2.24. The predicted octanol–water partition coefficient (Wildman–Crippen LogP) is 4.46. The summed E-state index contributed by atoms with van der Waals surface area (Å²) in [5.74, 6) is -0.979. The molecule has 0 aliphatic rings. The van der Waals surface area contributed by atoms with Crippen molar-refractivity contribution in [2.75, 3.05) is 10.8 Å². The highest BCUT2D eigenvalue weighted by molar-refractivity contribution is 7.92. The van der Waals surface area contributed by atoms with E-state index >= 15 is 0 Å². The van der Waals surface area contributed by atoms with Crippen LogP contribution in [-0.4, -0.2) is 20.9 Å². The lowest BCUT2D eigenvalue weighted by Crippen LogP contribution is -2.41. The fraction of sp³-hybridized carbons (Fsp3) is 0.208. The Labute approximate surface area is 182 Å². The molecule has 0 saturated carbocycles. The average Bonchev–Trinajstić information content (AvgIpc) is 2.78. The number of hydrogen-bond acceptors (Lipinski definition) is 3. The number of sulfonamides is 1. The molecule has 0 bridgehead atoms. The molecule has 3 rings (SSSR count). The first-order valence-corrected chi connectivity index (χ1v) is 11.5. The molecular weight excluding hydrogens is 415 g/mol. The minimum atomic E-state index is -4.07. The van der Waals surface area contributed by atoms with Crippen molar-refractivity contribution in [3.05, 3.63) is 95.8 Å². The number of carbonyl (C=O) groups is 1. The molecule has 0 spiro atoms. The molecular formula is C24H25FN2O3S. The normalized spacial score (nSPS) is 12.2. The monoisotopic (exact) mass is 440 g/mol. The van der Waals surface area contributed by atoms with E-state index in [0.29, 0.717) is 5.69 Å². The smallest absolute Gasteiger partial charge is 0.264 e. The van der Waals surface area contributed by atoms with Crippen molar-refractivity contribution in [2.24, 2.45) is 0 Å². The lowest BCUT2D eigenvalue weighted by atomic mass is 10.1. The van der Waals surface area contributed by atoms with Gasteiger partial charge in [0.25, 0.3) is 10.0 Å². The van der Waals surface area contributed by atoms with Crippen LogP contribution in [0.2, 0.25) is 0 Å². The zero-order valence-corrected chi connectivity index (χ0v) is 18.3. The molecule has 1 atom stereocenters. The summed E-state index contributed by atoms with van der Waals surface area (Å²) in [6, 6.07) is 20.5. The van der Waals surface area contributed by atoms with Gasteiger partial charge in [-0.1, -0.05) is 49.4 Å². The van der Waals surface area contributed by atoms with E-state index in [4.69, 9.17) is 0 Å². The number of nitrogens with zero attached hydrogens (tertiary/aromatic N) is 1. The van der Waals surface area contributed by atoms with Crippen LogP contribution in [-0.2, 0) is 21.2 Å². The van der Waals surface area contributed by atoms with Gasteiger partial charge < -0.3 is 5.32 Å². The van der Waals surface area contributed by atoms with E-state index in [1.54, 1.807) is 30.3 Å². The zero-order chi connectivity index (χ0) is 22.4. The van der Waals surface area contributed by atoms with Crippen molar-refractivity contribution in [3.63, 3.8) is 0 Å². The summed E-state index contributed by atoms with van der Waals surface area (Å²) in [7, 11) is -4.07. The summed E-state index contributed by atoms with van der Waals surface area (Å²) in [5, 5.41) is 2.86. The number of amides is 1. The molecule has 1 N–H and O–H groups in total. The molecule has 3 aromatic carbocycles. The summed E-state index contributed by atoms with van der Waals surface area (Å²) < 4.78 is 40.8.